The molecule has 1 N–H and O–H groups in total. The van der Waals surface area contributed by atoms with Gasteiger partial charge in [0, 0.05) is 36.9 Å². The van der Waals surface area contributed by atoms with Gasteiger partial charge in [0.15, 0.2) is 0 Å². The Balaban J connectivity index is 1.26. The molecule has 1 atom stereocenters. The summed E-state index contributed by atoms with van der Waals surface area (Å²) in [5.41, 5.74) is 4.53. The third-order valence-electron chi connectivity index (χ3n) is 5.40. The van der Waals surface area contributed by atoms with Gasteiger partial charge in [0.1, 0.15) is 5.52 Å². The van der Waals surface area contributed by atoms with E-state index in [1.807, 2.05) is 23.8 Å². The smallest absolute Gasteiger partial charge is 0.252 e. The highest BCUT2D eigenvalue weighted by atomic mass is 32.1. The molecule has 8 heteroatoms. The first-order chi connectivity index (χ1) is 14.6. The maximum absolute atomic E-state index is 11.2. The van der Waals surface area contributed by atoms with Gasteiger partial charge in [-0.25, -0.2) is 9.97 Å². The fourth-order valence-corrected chi connectivity index (χ4v) is 4.32. The number of anilines is 1. The quantitative estimate of drug-likeness (QED) is 0.523. The van der Waals surface area contributed by atoms with Crippen LogP contribution in [0.5, 0.6) is 0 Å². The lowest BCUT2D eigenvalue weighted by atomic mass is 9.90. The van der Waals surface area contributed by atoms with E-state index >= 15 is 0 Å². The van der Waals surface area contributed by atoms with E-state index in [4.69, 9.17) is 4.42 Å². The van der Waals surface area contributed by atoms with Crippen molar-refractivity contribution < 1.29 is 9.21 Å². The van der Waals surface area contributed by atoms with Gasteiger partial charge in [0.2, 0.25) is 17.7 Å². The second-order valence-electron chi connectivity index (χ2n) is 7.58. The zero-order valence-electron chi connectivity index (χ0n) is 16.7. The number of oxazole rings is 1. The lowest BCUT2D eigenvalue weighted by Crippen LogP contribution is -2.45. The number of hydrogen-bond donors (Lipinski definition) is 1. The monoisotopic (exact) mass is 419 g/mol. The van der Waals surface area contributed by atoms with Crippen molar-refractivity contribution in [3.05, 3.63) is 58.4 Å². The Morgan fingerprint density at radius 2 is 2.03 bits per heavy atom. The van der Waals surface area contributed by atoms with Gasteiger partial charge in [-0.15, -0.1) is 0 Å². The Morgan fingerprint density at radius 1 is 1.23 bits per heavy atom. The molecule has 1 aliphatic heterocycles. The van der Waals surface area contributed by atoms with Crippen LogP contribution in [0.2, 0.25) is 0 Å². The van der Waals surface area contributed by atoms with E-state index in [2.05, 4.69) is 49.4 Å². The number of thiophene rings is 1. The van der Waals surface area contributed by atoms with Gasteiger partial charge in [-0.3, -0.25) is 4.79 Å². The summed E-state index contributed by atoms with van der Waals surface area (Å²) >= 11 is 1.61. The van der Waals surface area contributed by atoms with Crippen LogP contribution in [0.15, 0.2) is 51.7 Å². The minimum Gasteiger partial charge on any atom is -0.417 e. The molecule has 1 saturated heterocycles. The van der Waals surface area contributed by atoms with Gasteiger partial charge in [-0.05, 0) is 29.5 Å². The number of nitrogens with zero attached hydrogens (tertiary/aromatic N) is 4. The average molecular weight is 420 g/mol. The molecule has 0 radical (unpaired) electrons. The van der Waals surface area contributed by atoms with E-state index in [0.29, 0.717) is 29.0 Å². The summed E-state index contributed by atoms with van der Waals surface area (Å²) in [7, 11) is 0. The molecule has 152 valence electrons. The second kappa shape index (κ2) is 7.53. The van der Waals surface area contributed by atoms with E-state index in [1.54, 1.807) is 17.5 Å². The number of fused-ring (bicyclic) bond motifs is 1. The summed E-state index contributed by atoms with van der Waals surface area (Å²) in [6.07, 6.45) is 1.72. The van der Waals surface area contributed by atoms with Crippen molar-refractivity contribution in [3.63, 3.8) is 0 Å². The molecule has 1 aliphatic rings. The standard InChI is InChI=1S/C22H21N5O2S/c1-13(24-14(2)28)15-3-5-16(6-4-15)18-10-27(11-18)22-23-9-19-21(26-22)29-20(25-19)17-7-8-30-12-17/h3-9,12-13,18H,10-11H2,1-2H3,(H,24,28). The lowest BCUT2D eigenvalue weighted by Gasteiger charge is -2.39. The molecule has 30 heavy (non-hydrogen) atoms. The van der Waals surface area contributed by atoms with Gasteiger partial charge >= 0.3 is 0 Å². The summed E-state index contributed by atoms with van der Waals surface area (Å²) in [5, 5.41) is 6.91. The molecule has 0 spiro atoms. The molecule has 7 nitrogen and oxygen atoms in total. The van der Waals surface area contributed by atoms with Gasteiger partial charge in [-0.2, -0.15) is 16.3 Å². The molecule has 3 aromatic heterocycles. The second-order valence-corrected chi connectivity index (χ2v) is 8.36. The van der Waals surface area contributed by atoms with Crippen LogP contribution in [0.25, 0.3) is 22.7 Å². The van der Waals surface area contributed by atoms with Crippen LogP contribution in [-0.2, 0) is 4.79 Å². The summed E-state index contributed by atoms with van der Waals surface area (Å²) in [6, 6.07) is 10.4. The Labute approximate surface area is 177 Å². The molecular weight excluding hydrogens is 398 g/mol. The lowest BCUT2D eigenvalue weighted by molar-refractivity contribution is -0.119. The van der Waals surface area contributed by atoms with Crippen LogP contribution in [0, 0.1) is 0 Å². The predicted molar refractivity (Wildman–Crippen MR) is 117 cm³/mol. The molecular formula is C22H21N5O2S. The van der Waals surface area contributed by atoms with Crippen LogP contribution >= 0.6 is 11.3 Å². The van der Waals surface area contributed by atoms with Crippen LogP contribution in [-0.4, -0.2) is 33.9 Å². The number of amides is 1. The minimum atomic E-state index is -0.0209. The normalized spacial score (nSPS) is 15.2. The number of hydrogen-bond acceptors (Lipinski definition) is 7. The number of rotatable bonds is 5. The third kappa shape index (κ3) is 3.54. The van der Waals surface area contributed by atoms with E-state index in [9.17, 15) is 4.79 Å². The fourth-order valence-electron chi connectivity index (χ4n) is 3.69. The summed E-state index contributed by atoms with van der Waals surface area (Å²) < 4.78 is 5.83. The zero-order chi connectivity index (χ0) is 20.7. The van der Waals surface area contributed by atoms with Crippen LogP contribution in [0.4, 0.5) is 5.95 Å². The summed E-state index contributed by atoms with van der Waals surface area (Å²) in [5.74, 6) is 1.66. The van der Waals surface area contributed by atoms with Gasteiger partial charge < -0.3 is 14.6 Å². The van der Waals surface area contributed by atoms with Crippen molar-refractivity contribution in [2.75, 3.05) is 18.0 Å². The number of nitrogens with one attached hydrogen (secondary N) is 1. The molecule has 4 aromatic rings. The first-order valence-electron chi connectivity index (χ1n) is 9.85. The van der Waals surface area contributed by atoms with E-state index < -0.39 is 0 Å². The van der Waals surface area contributed by atoms with Crippen molar-refractivity contribution in [3.8, 4) is 11.5 Å². The van der Waals surface area contributed by atoms with Crippen LogP contribution in [0.3, 0.4) is 0 Å². The predicted octanol–water partition coefficient (Wildman–Crippen LogP) is 4.15. The SMILES string of the molecule is CC(=O)NC(C)c1ccc(C2CN(c3ncc4nc(-c5ccsc5)oc4n3)C2)cc1. The molecule has 0 aliphatic carbocycles. The molecule has 5 rings (SSSR count). The van der Waals surface area contributed by atoms with Gasteiger partial charge in [0.05, 0.1) is 12.2 Å². The number of carbonyl (C=O) groups excluding carboxylic acids is 1. The maximum atomic E-state index is 11.2. The van der Waals surface area contributed by atoms with E-state index in [1.165, 1.54) is 12.5 Å². The molecule has 1 aromatic carbocycles. The molecule has 1 unspecified atom stereocenters. The molecule has 1 amide bonds. The van der Waals surface area contributed by atoms with E-state index in [0.717, 1.165) is 24.2 Å². The number of benzene rings is 1. The Hall–Kier alpha value is -3.26. The summed E-state index contributed by atoms with van der Waals surface area (Å²) in [6.45, 7) is 5.24. The fraction of sp³-hybridized carbons (Fsp3) is 0.273. The third-order valence-corrected chi connectivity index (χ3v) is 6.08. The highest BCUT2D eigenvalue weighted by molar-refractivity contribution is 7.08. The van der Waals surface area contributed by atoms with Crippen LogP contribution in [0.1, 0.15) is 36.9 Å². The Morgan fingerprint density at radius 3 is 2.73 bits per heavy atom. The van der Waals surface area contributed by atoms with Crippen molar-refractivity contribution in [2.45, 2.75) is 25.8 Å². The number of aromatic nitrogens is 3. The summed E-state index contributed by atoms with van der Waals surface area (Å²) in [4.78, 5) is 26.9. The minimum absolute atomic E-state index is 0.00967. The van der Waals surface area contributed by atoms with Crippen molar-refractivity contribution in [2.24, 2.45) is 0 Å². The van der Waals surface area contributed by atoms with Crippen molar-refractivity contribution in [1.82, 2.24) is 20.3 Å². The molecule has 4 heterocycles. The number of carbonyl (C=O) groups is 1. The van der Waals surface area contributed by atoms with Crippen molar-refractivity contribution in [1.29, 1.82) is 0 Å². The van der Waals surface area contributed by atoms with Crippen LogP contribution < -0.4 is 10.2 Å². The van der Waals surface area contributed by atoms with E-state index in [-0.39, 0.29) is 11.9 Å². The topological polar surface area (TPSA) is 84.2 Å². The largest absolute Gasteiger partial charge is 0.417 e. The van der Waals surface area contributed by atoms with Gasteiger partial charge in [0.25, 0.3) is 5.71 Å². The highest BCUT2D eigenvalue weighted by Gasteiger charge is 2.30. The van der Waals surface area contributed by atoms with Crippen molar-refractivity contribution >= 4 is 34.4 Å². The zero-order valence-corrected chi connectivity index (χ0v) is 17.5. The Bertz CT molecular complexity index is 1180. The molecule has 1 fully saturated rings. The highest BCUT2D eigenvalue weighted by Crippen LogP contribution is 2.32. The first-order valence-corrected chi connectivity index (χ1v) is 10.8. The van der Waals surface area contributed by atoms with Gasteiger partial charge in [-0.1, -0.05) is 24.3 Å². The molecule has 0 saturated carbocycles. The Kier molecular flexibility index (Phi) is 4.71. The molecule has 0 bridgehead atoms. The maximum Gasteiger partial charge on any atom is 0.252 e. The average Bonchev–Trinajstić information content (AvgIpc) is 3.36. The first kappa shape index (κ1) is 18.7.